The lowest BCUT2D eigenvalue weighted by molar-refractivity contribution is -0.120. The Morgan fingerprint density at radius 3 is 2.62 bits per heavy atom. The number of benzene rings is 2. The van der Waals surface area contributed by atoms with E-state index in [1.807, 2.05) is 48.5 Å². The second kappa shape index (κ2) is 5.97. The standard InChI is InChI=1S/C17H18N2O2/c18-17(20)16(12-6-2-1-3-7-12)19-11-14-10-13-8-4-5-9-15(13)21-14/h1-9,14,16,19H,10-11H2,(H2,18,20)/t14-,16+/m1/s1. The molecule has 3 N–H and O–H groups in total. The Kier molecular flexibility index (Phi) is 3.88. The molecule has 0 fully saturated rings. The van der Waals surface area contributed by atoms with Gasteiger partial charge in [0.05, 0.1) is 0 Å². The minimum atomic E-state index is -0.487. The van der Waals surface area contributed by atoms with Gasteiger partial charge < -0.3 is 10.5 Å². The average molecular weight is 282 g/mol. The molecule has 1 aliphatic rings. The van der Waals surface area contributed by atoms with Crippen LogP contribution in [0.1, 0.15) is 17.2 Å². The van der Waals surface area contributed by atoms with Crippen molar-refractivity contribution in [3.05, 3.63) is 65.7 Å². The summed E-state index contributed by atoms with van der Waals surface area (Å²) in [6, 6.07) is 17.0. The number of nitrogens with one attached hydrogen (secondary N) is 1. The topological polar surface area (TPSA) is 64.4 Å². The number of carbonyl (C=O) groups excluding carboxylic acids is 1. The van der Waals surface area contributed by atoms with E-state index in [-0.39, 0.29) is 12.0 Å². The molecule has 1 aliphatic heterocycles. The first-order valence-corrected chi connectivity index (χ1v) is 7.06. The molecule has 0 aliphatic carbocycles. The van der Waals surface area contributed by atoms with Crippen LogP contribution in [0.4, 0.5) is 0 Å². The van der Waals surface area contributed by atoms with E-state index in [0.29, 0.717) is 6.54 Å². The normalized spacial score (nSPS) is 17.8. The van der Waals surface area contributed by atoms with Gasteiger partial charge in [-0.25, -0.2) is 0 Å². The van der Waals surface area contributed by atoms with Crippen LogP contribution in [-0.2, 0) is 11.2 Å². The molecule has 2 aromatic carbocycles. The van der Waals surface area contributed by atoms with Gasteiger partial charge >= 0.3 is 0 Å². The molecule has 0 spiro atoms. The first-order chi connectivity index (χ1) is 10.2. The summed E-state index contributed by atoms with van der Waals surface area (Å²) in [5.41, 5.74) is 7.58. The number of hydrogen-bond donors (Lipinski definition) is 2. The first-order valence-electron chi connectivity index (χ1n) is 7.06. The third kappa shape index (κ3) is 3.06. The Bertz CT molecular complexity index is 603. The van der Waals surface area contributed by atoms with Crippen molar-refractivity contribution in [3.63, 3.8) is 0 Å². The number of amides is 1. The summed E-state index contributed by atoms with van der Waals surface area (Å²) in [5.74, 6) is 0.552. The SMILES string of the molecule is NC(=O)[C@@H](NC[C@H]1Cc2ccccc2O1)c1ccccc1. The van der Waals surface area contributed by atoms with Crippen LogP contribution in [0.15, 0.2) is 54.6 Å². The molecule has 0 saturated carbocycles. The third-order valence-corrected chi connectivity index (χ3v) is 3.68. The molecule has 4 nitrogen and oxygen atoms in total. The zero-order valence-corrected chi connectivity index (χ0v) is 11.7. The summed E-state index contributed by atoms with van der Waals surface area (Å²) in [7, 11) is 0. The van der Waals surface area contributed by atoms with E-state index in [4.69, 9.17) is 10.5 Å². The van der Waals surface area contributed by atoms with Crippen molar-refractivity contribution < 1.29 is 9.53 Å². The zero-order chi connectivity index (χ0) is 14.7. The van der Waals surface area contributed by atoms with Gasteiger partial charge in [-0.2, -0.15) is 0 Å². The number of nitrogens with two attached hydrogens (primary N) is 1. The van der Waals surface area contributed by atoms with E-state index in [1.54, 1.807) is 0 Å². The van der Waals surface area contributed by atoms with E-state index in [0.717, 1.165) is 17.7 Å². The highest BCUT2D eigenvalue weighted by atomic mass is 16.5. The Balaban J connectivity index is 1.63. The van der Waals surface area contributed by atoms with Crippen molar-refractivity contribution >= 4 is 5.91 Å². The molecular formula is C17H18N2O2. The van der Waals surface area contributed by atoms with Crippen molar-refractivity contribution in [1.82, 2.24) is 5.32 Å². The number of para-hydroxylation sites is 1. The van der Waals surface area contributed by atoms with Crippen LogP contribution in [0, 0.1) is 0 Å². The summed E-state index contributed by atoms with van der Waals surface area (Å²) >= 11 is 0. The largest absolute Gasteiger partial charge is 0.488 e. The van der Waals surface area contributed by atoms with Crippen molar-refractivity contribution in [2.45, 2.75) is 18.6 Å². The van der Waals surface area contributed by atoms with Crippen LogP contribution in [0.3, 0.4) is 0 Å². The molecule has 1 heterocycles. The fraction of sp³-hybridized carbons (Fsp3) is 0.235. The molecule has 3 rings (SSSR count). The fourth-order valence-corrected chi connectivity index (χ4v) is 2.65. The maximum atomic E-state index is 11.6. The summed E-state index contributed by atoms with van der Waals surface area (Å²) in [6.45, 7) is 0.581. The highest BCUT2D eigenvalue weighted by Gasteiger charge is 2.24. The van der Waals surface area contributed by atoms with Crippen molar-refractivity contribution in [1.29, 1.82) is 0 Å². The summed E-state index contributed by atoms with van der Waals surface area (Å²) < 4.78 is 5.86. The predicted molar refractivity (Wildman–Crippen MR) is 80.9 cm³/mol. The number of rotatable bonds is 5. The minimum absolute atomic E-state index is 0.0352. The molecular weight excluding hydrogens is 264 g/mol. The Labute approximate surface area is 123 Å². The van der Waals surface area contributed by atoms with E-state index in [2.05, 4.69) is 11.4 Å². The Morgan fingerprint density at radius 1 is 1.19 bits per heavy atom. The van der Waals surface area contributed by atoms with Gasteiger partial charge in [-0.1, -0.05) is 48.5 Å². The molecule has 0 aromatic heterocycles. The summed E-state index contributed by atoms with van der Waals surface area (Å²) in [5, 5.41) is 3.21. The molecule has 2 atom stereocenters. The molecule has 0 bridgehead atoms. The quantitative estimate of drug-likeness (QED) is 0.879. The average Bonchev–Trinajstić information content (AvgIpc) is 2.91. The van der Waals surface area contributed by atoms with Crippen molar-refractivity contribution in [2.24, 2.45) is 5.73 Å². The van der Waals surface area contributed by atoms with Gasteiger partial charge in [0, 0.05) is 13.0 Å². The first kappa shape index (κ1) is 13.6. The van der Waals surface area contributed by atoms with Crippen LogP contribution >= 0.6 is 0 Å². The third-order valence-electron chi connectivity index (χ3n) is 3.68. The number of fused-ring (bicyclic) bond motifs is 1. The van der Waals surface area contributed by atoms with Crippen LogP contribution in [-0.4, -0.2) is 18.6 Å². The van der Waals surface area contributed by atoms with Gasteiger partial charge in [0.2, 0.25) is 5.91 Å². The molecule has 4 heteroatoms. The van der Waals surface area contributed by atoms with Gasteiger partial charge in [-0.05, 0) is 17.2 Å². The second-order valence-corrected chi connectivity index (χ2v) is 5.21. The number of ether oxygens (including phenoxy) is 1. The fourth-order valence-electron chi connectivity index (χ4n) is 2.65. The maximum absolute atomic E-state index is 11.6. The molecule has 0 unspecified atom stereocenters. The van der Waals surface area contributed by atoms with Crippen LogP contribution in [0.2, 0.25) is 0 Å². The lowest BCUT2D eigenvalue weighted by atomic mass is 10.1. The number of primary amides is 1. The smallest absolute Gasteiger partial charge is 0.239 e. The second-order valence-electron chi connectivity index (χ2n) is 5.21. The highest BCUT2D eigenvalue weighted by Crippen LogP contribution is 2.28. The lowest BCUT2D eigenvalue weighted by Crippen LogP contribution is -2.39. The van der Waals surface area contributed by atoms with Gasteiger partial charge in [-0.3, -0.25) is 10.1 Å². The van der Waals surface area contributed by atoms with Crippen LogP contribution < -0.4 is 15.8 Å². The molecule has 108 valence electrons. The number of carbonyl (C=O) groups is 1. The minimum Gasteiger partial charge on any atom is -0.488 e. The van der Waals surface area contributed by atoms with E-state index in [9.17, 15) is 4.79 Å². The molecule has 0 radical (unpaired) electrons. The summed E-state index contributed by atoms with van der Waals surface area (Å²) in [4.78, 5) is 11.6. The van der Waals surface area contributed by atoms with Crippen molar-refractivity contribution in [2.75, 3.05) is 6.54 Å². The predicted octanol–water partition coefficient (Wildman–Crippen LogP) is 1.81. The zero-order valence-electron chi connectivity index (χ0n) is 11.7. The Morgan fingerprint density at radius 2 is 1.90 bits per heavy atom. The molecule has 21 heavy (non-hydrogen) atoms. The van der Waals surface area contributed by atoms with Gasteiger partial charge in [0.15, 0.2) is 0 Å². The van der Waals surface area contributed by atoms with E-state index in [1.165, 1.54) is 5.56 Å². The highest BCUT2D eigenvalue weighted by molar-refractivity contribution is 5.81. The maximum Gasteiger partial charge on any atom is 0.239 e. The lowest BCUT2D eigenvalue weighted by Gasteiger charge is -2.18. The molecule has 2 aromatic rings. The molecule has 1 amide bonds. The van der Waals surface area contributed by atoms with Gasteiger partial charge in [0.1, 0.15) is 17.9 Å². The summed E-state index contributed by atoms with van der Waals surface area (Å²) in [6.07, 6.45) is 0.886. The van der Waals surface area contributed by atoms with Gasteiger partial charge in [0.25, 0.3) is 0 Å². The van der Waals surface area contributed by atoms with E-state index >= 15 is 0 Å². The Hall–Kier alpha value is -2.33. The van der Waals surface area contributed by atoms with Crippen molar-refractivity contribution in [3.8, 4) is 5.75 Å². The molecule has 0 saturated heterocycles. The van der Waals surface area contributed by atoms with Crippen LogP contribution in [0.25, 0.3) is 0 Å². The number of hydrogen-bond acceptors (Lipinski definition) is 3. The monoisotopic (exact) mass is 282 g/mol. The van der Waals surface area contributed by atoms with Gasteiger partial charge in [-0.15, -0.1) is 0 Å². The van der Waals surface area contributed by atoms with E-state index < -0.39 is 6.04 Å². The van der Waals surface area contributed by atoms with Crippen LogP contribution in [0.5, 0.6) is 5.75 Å².